The zero-order valence-electron chi connectivity index (χ0n) is 12.7. The van der Waals surface area contributed by atoms with Crippen LogP contribution in [0.3, 0.4) is 0 Å². The lowest BCUT2D eigenvalue weighted by Crippen LogP contribution is -2.02. The Balaban J connectivity index is 2.08. The van der Waals surface area contributed by atoms with Gasteiger partial charge < -0.3 is 0 Å². The van der Waals surface area contributed by atoms with Crippen LogP contribution in [-0.4, -0.2) is 4.98 Å². The van der Waals surface area contributed by atoms with Gasteiger partial charge in [-0.3, -0.25) is 4.98 Å². The second kappa shape index (κ2) is 6.40. The molecule has 1 atom stereocenters. The van der Waals surface area contributed by atoms with Crippen LogP contribution in [0.5, 0.6) is 0 Å². The summed E-state index contributed by atoms with van der Waals surface area (Å²) in [5.41, 5.74) is 5.83. The van der Waals surface area contributed by atoms with Crippen molar-refractivity contribution < 1.29 is 0 Å². The van der Waals surface area contributed by atoms with Crippen LogP contribution >= 0.6 is 0 Å². The zero-order valence-corrected chi connectivity index (χ0v) is 12.7. The monoisotopic (exact) mass is 285 g/mol. The molecule has 0 spiro atoms. The first-order valence-corrected chi connectivity index (χ1v) is 7.49. The fourth-order valence-electron chi connectivity index (χ4n) is 2.76. The number of pyridine rings is 1. The van der Waals surface area contributed by atoms with Gasteiger partial charge in [0.15, 0.2) is 0 Å². The summed E-state index contributed by atoms with van der Waals surface area (Å²) in [5, 5.41) is 0. The number of aryl methyl sites for hydroxylation is 1. The van der Waals surface area contributed by atoms with Crippen molar-refractivity contribution in [3.05, 3.63) is 102 Å². The van der Waals surface area contributed by atoms with Crippen LogP contribution in [0.1, 0.15) is 22.7 Å². The number of hydrogen-bond donors (Lipinski definition) is 0. The molecule has 0 fully saturated rings. The molecule has 1 aromatic heterocycles. The predicted octanol–water partition coefficient (Wildman–Crippen LogP) is 5.37. The molecule has 0 N–H and O–H groups in total. The minimum Gasteiger partial charge on any atom is -0.261 e. The topological polar surface area (TPSA) is 12.9 Å². The Kier molecular flexibility index (Phi) is 4.15. The van der Waals surface area contributed by atoms with Crippen molar-refractivity contribution in [2.75, 3.05) is 0 Å². The largest absolute Gasteiger partial charge is 0.261 e. The number of aromatic nitrogens is 1. The molecular formula is C21H19N. The molecule has 108 valence electrons. The average Bonchev–Trinajstić information content (AvgIpc) is 2.59. The Bertz CT molecular complexity index is 760. The number of benzene rings is 2. The maximum atomic E-state index is 4.60. The molecule has 2 aromatic carbocycles. The number of rotatable bonds is 4. The molecule has 1 heteroatoms. The zero-order chi connectivity index (χ0) is 15.4. The highest BCUT2D eigenvalue weighted by Crippen LogP contribution is 2.30. The normalized spacial score (nSPS) is 11.9. The van der Waals surface area contributed by atoms with Crippen molar-refractivity contribution in [3.63, 3.8) is 0 Å². The standard InChI is InChI=1S/C21H19N/c1-3-20(18-12-8-5-9-13-18)21-14-19(15-22-16(21)2)17-10-6-4-7-11-17/h3-15,20H,1H2,2H3/t20-/m1/s1. The first-order valence-electron chi connectivity index (χ1n) is 7.49. The first kappa shape index (κ1) is 14.3. The van der Waals surface area contributed by atoms with Crippen LogP contribution in [0.2, 0.25) is 0 Å². The molecule has 0 unspecified atom stereocenters. The second-order valence-corrected chi connectivity index (χ2v) is 5.39. The highest BCUT2D eigenvalue weighted by atomic mass is 14.7. The van der Waals surface area contributed by atoms with E-state index < -0.39 is 0 Å². The van der Waals surface area contributed by atoms with E-state index in [2.05, 4.69) is 73.1 Å². The Morgan fingerprint density at radius 1 is 0.909 bits per heavy atom. The summed E-state index contributed by atoms with van der Waals surface area (Å²) in [6.45, 7) is 6.09. The molecule has 22 heavy (non-hydrogen) atoms. The molecule has 3 rings (SSSR count). The van der Waals surface area contributed by atoms with Crippen LogP contribution in [0.25, 0.3) is 11.1 Å². The lowest BCUT2D eigenvalue weighted by atomic mass is 9.89. The van der Waals surface area contributed by atoms with E-state index in [-0.39, 0.29) is 5.92 Å². The molecule has 0 aliphatic carbocycles. The van der Waals surface area contributed by atoms with Crippen molar-refractivity contribution in [1.82, 2.24) is 4.98 Å². The Morgan fingerprint density at radius 3 is 2.18 bits per heavy atom. The number of hydrogen-bond acceptors (Lipinski definition) is 1. The molecule has 0 saturated carbocycles. The van der Waals surface area contributed by atoms with Crippen LogP contribution < -0.4 is 0 Å². The molecule has 0 radical (unpaired) electrons. The van der Waals surface area contributed by atoms with Crippen LogP contribution in [0.15, 0.2) is 85.6 Å². The lowest BCUT2D eigenvalue weighted by molar-refractivity contribution is 0.978. The Labute approximate surface area is 132 Å². The summed E-state index contributed by atoms with van der Waals surface area (Å²) in [5.74, 6) is 0.164. The van der Waals surface area contributed by atoms with Crippen molar-refractivity contribution in [1.29, 1.82) is 0 Å². The maximum absolute atomic E-state index is 4.60. The highest BCUT2D eigenvalue weighted by Gasteiger charge is 2.14. The lowest BCUT2D eigenvalue weighted by Gasteiger charge is -2.17. The molecule has 3 aromatic rings. The third-order valence-electron chi connectivity index (χ3n) is 3.96. The van der Waals surface area contributed by atoms with Crippen molar-refractivity contribution in [2.45, 2.75) is 12.8 Å². The summed E-state index contributed by atoms with van der Waals surface area (Å²) in [7, 11) is 0. The van der Waals surface area contributed by atoms with E-state index in [4.69, 9.17) is 0 Å². The molecule has 0 aliphatic heterocycles. The smallest absolute Gasteiger partial charge is 0.0414 e. The fraction of sp³-hybridized carbons (Fsp3) is 0.0952. The van der Waals surface area contributed by atoms with Gasteiger partial charge in [-0.15, -0.1) is 6.58 Å². The summed E-state index contributed by atoms with van der Waals surface area (Å²) < 4.78 is 0. The Morgan fingerprint density at radius 2 is 1.55 bits per heavy atom. The minimum atomic E-state index is 0.164. The maximum Gasteiger partial charge on any atom is 0.0414 e. The van der Waals surface area contributed by atoms with Gasteiger partial charge in [0.25, 0.3) is 0 Å². The van der Waals surface area contributed by atoms with E-state index >= 15 is 0 Å². The van der Waals surface area contributed by atoms with Crippen molar-refractivity contribution >= 4 is 0 Å². The number of nitrogens with zero attached hydrogens (tertiary/aromatic N) is 1. The quantitative estimate of drug-likeness (QED) is 0.587. The summed E-state index contributed by atoms with van der Waals surface area (Å²) in [6.07, 6.45) is 3.94. The van der Waals surface area contributed by atoms with Crippen molar-refractivity contribution in [2.24, 2.45) is 0 Å². The fourth-order valence-corrected chi connectivity index (χ4v) is 2.76. The second-order valence-electron chi connectivity index (χ2n) is 5.39. The third kappa shape index (κ3) is 2.84. The molecule has 0 saturated heterocycles. The van der Waals surface area contributed by atoms with Gasteiger partial charge in [0.1, 0.15) is 0 Å². The average molecular weight is 285 g/mol. The van der Waals surface area contributed by atoms with Gasteiger partial charge in [0.2, 0.25) is 0 Å². The van der Waals surface area contributed by atoms with Crippen LogP contribution in [0, 0.1) is 6.92 Å². The molecule has 1 nitrogen and oxygen atoms in total. The van der Waals surface area contributed by atoms with E-state index in [9.17, 15) is 0 Å². The predicted molar refractivity (Wildman–Crippen MR) is 92.9 cm³/mol. The van der Waals surface area contributed by atoms with E-state index in [0.717, 1.165) is 11.3 Å². The van der Waals surface area contributed by atoms with Gasteiger partial charge in [0, 0.05) is 23.4 Å². The van der Waals surface area contributed by atoms with Gasteiger partial charge in [0.05, 0.1) is 0 Å². The van der Waals surface area contributed by atoms with E-state index in [1.165, 1.54) is 16.7 Å². The van der Waals surface area contributed by atoms with E-state index in [1.54, 1.807) is 0 Å². The van der Waals surface area contributed by atoms with Gasteiger partial charge in [-0.1, -0.05) is 66.7 Å². The van der Waals surface area contributed by atoms with Gasteiger partial charge >= 0.3 is 0 Å². The van der Waals surface area contributed by atoms with E-state index in [1.807, 2.05) is 24.4 Å². The summed E-state index contributed by atoms with van der Waals surface area (Å²) in [6, 6.07) is 23.0. The summed E-state index contributed by atoms with van der Waals surface area (Å²) in [4.78, 5) is 4.60. The molecule has 0 aliphatic rings. The van der Waals surface area contributed by atoms with Crippen LogP contribution in [0.4, 0.5) is 0 Å². The van der Waals surface area contributed by atoms with Crippen LogP contribution in [-0.2, 0) is 0 Å². The molecule has 0 amide bonds. The highest BCUT2D eigenvalue weighted by molar-refractivity contribution is 5.64. The molecule has 1 heterocycles. The van der Waals surface area contributed by atoms with E-state index in [0.29, 0.717) is 0 Å². The van der Waals surface area contributed by atoms with Gasteiger partial charge in [-0.25, -0.2) is 0 Å². The number of allylic oxidation sites excluding steroid dienone is 1. The summed E-state index contributed by atoms with van der Waals surface area (Å²) >= 11 is 0. The van der Waals surface area contributed by atoms with Gasteiger partial charge in [-0.2, -0.15) is 0 Å². The van der Waals surface area contributed by atoms with Gasteiger partial charge in [-0.05, 0) is 29.7 Å². The molecular weight excluding hydrogens is 266 g/mol. The van der Waals surface area contributed by atoms with Crippen molar-refractivity contribution in [3.8, 4) is 11.1 Å². The minimum absolute atomic E-state index is 0.164. The first-order chi connectivity index (χ1) is 10.8. The molecule has 0 bridgehead atoms. The Hall–Kier alpha value is -2.67. The SMILES string of the molecule is C=C[C@H](c1ccccc1)c1cc(-c2ccccc2)cnc1C. The third-order valence-corrected chi connectivity index (χ3v) is 3.96.